The molecule has 1 saturated heterocycles. The Morgan fingerprint density at radius 2 is 1.72 bits per heavy atom. The molecule has 0 aromatic rings. The van der Waals surface area contributed by atoms with E-state index in [2.05, 4.69) is 4.90 Å². The normalized spacial score (nSPS) is 16.7. The highest BCUT2D eigenvalue weighted by molar-refractivity contribution is 4.64. The fourth-order valence-corrected chi connectivity index (χ4v) is 1.55. The summed E-state index contributed by atoms with van der Waals surface area (Å²) < 4.78 is 32.7. The highest BCUT2D eigenvalue weighted by atomic mass is 35.7. The van der Waals surface area contributed by atoms with Crippen LogP contribution in [0.2, 0.25) is 0 Å². The Bertz CT molecular complexity index is 237. The van der Waals surface area contributed by atoms with E-state index in [1.165, 1.54) is 26.3 Å². The zero-order valence-electron chi connectivity index (χ0n) is 10.2. The summed E-state index contributed by atoms with van der Waals surface area (Å²) in [7, 11) is -3.18. The molecule has 0 bridgehead atoms. The van der Waals surface area contributed by atoms with Gasteiger partial charge in [0.15, 0.2) is 5.03 Å². The van der Waals surface area contributed by atoms with Crippen molar-refractivity contribution in [2.45, 2.75) is 19.3 Å². The number of hydrazine groups is 1. The van der Waals surface area contributed by atoms with Gasteiger partial charge in [-0.1, -0.05) is 6.42 Å². The number of hydrogen-bond donors (Lipinski definition) is 1. The van der Waals surface area contributed by atoms with Gasteiger partial charge in [-0.15, -0.1) is 5.01 Å². The van der Waals surface area contributed by atoms with E-state index in [1.807, 2.05) is 0 Å². The Balaban J connectivity index is 0.000000494. The monoisotopic (exact) mass is 287 g/mol. The zero-order valence-corrected chi connectivity index (χ0v) is 10.9. The smallest absolute Gasteiger partial charge is 0.159 e. The van der Waals surface area contributed by atoms with Crippen molar-refractivity contribution >= 4 is 0 Å². The van der Waals surface area contributed by atoms with Crippen LogP contribution in [0.1, 0.15) is 19.3 Å². The maximum Gasteiger partial charge on any atom is 0.159 e. The lowest BCUT2D eigenvalue weighted by molar-refractivity contribution is -1.92. The molecule has 0 aliphatic carbocycles. The van der Waals surface area contributed by atoms with E-state index in [4.69, 9.17) is 18.6 Å². The number of hydrogen-bond acceptors (Lipinski definition) is 7. The molecule has 1 N–H and O–H groups in total. The van der Waals surface area contributed by atoms with Gasteiger partial charge in [-0.05, 0) is 25.9 Å². The Labute approximate surface area is 107 Å². The van der Waals surface area contributed by atoms with Crippen LogP contribution in [0.15, 0.2) is 0 Å². The van der Waals surface area contributed by atoms with Crippen LogP contribution in [0.25, 0.3) is 0 Å². The van der Waals surface area contributed by atoms with Crippen molar-refractivity contribution in [3.8, 4) is 0 Å². The van der Waals surface area contributed by atoms with Crippen molar-refractivity contribution in [2.75, 3.05) is 33.2 Å². The van der Waals surface area contributed by atoms with Crippen LogP contribution >= 0.6 is 0 Å². The van der Waals surface area contributed by atoms with Crippen molar-refractivity contribution in [3.63, 3.8) is 0 Å². The summed E-state index contributed by atoms with van der Waals surface area (Å²) >= 11 is 0. The standard InChI is InChI=1S/C8H17N3O2.ClHO4/c1-9(11(12)13)7-8-10-5-3-2-4-6-10;2-1(3,4)5/h2-8H2,1H3;(H,2,3,4,5). The van der Waals surface area contributed by atoms with E-state index >= 15 is 0 Å². The average molecular weight is 288 g/mol. The van der Waals surface area contributed by atoms with Crippen LogP contribution in [0.5, 0.6) is 0 Å². The lowest BCUT2D eigenvalue weighted by Gasteiger charge is -2.26. The van der Waals surface area contributed by atoms with E-state index in [1.54, 1.807) is 0 Å². The Morgan fingerprint density at radius 1 is 1.28 bits per heavy atom. The predicted octanol–water partition coefficient (Wildman–Crippen LogP) is -3.53. The maximum atomic E-state index is 10.3. The third kappa shape index (κ3) is 11.8. The molecule has 0 radical (unpaired) electrons. The average Bonchev–Trinajstić information content (AvgIpc) is 2.25. The van der Waals surface area contributed by atoms with Crippen molar-refractivity contribution in [2.24, 2.45) is 0 Å². The number of nitro groups is 1. The molecule has 18 heavy (non-hydrogen) atoms. The quantitative estimate of drug-likeness (QED) is 0.414. The minimum absolute atomic E-state index is 0.357. The molecule has 108 valence electrons. The number of likely N-dealkylation sites (N-methyl/N-ethyl adjacent to an activating group) is 1. The van der Waals surface area contributed by atoms with Crippen LogP contribution in [0, 0.1) is 20.4 Å². The summed E-state index contributed by atoms with van der Waals surface area (Å²) in [5, 5.41) is 11.1. The lowest BCUT2D eigenvalue weighted by atomic mass is 10.1. The lowest BCUT2D eigenvalue weighted by Crippen LogP contribution is -2.58. The van der Waals surface area contributed by atoms with Crippen LogP contribution in [-0.2, 0) is 0 Å². The first-order valence-corrected chi connectivity index (χ1v) is 6.67. The number of nitrogens with zero attached hydrogens (tertiary/aromatic N) is 3. The van der Waals surface area contributed by atoms with E-state index in [9.17, 15) is 10.1 Å². The summed E-state index contributed by atoms with van der Waals surface area (Å²) in [5.74, 6) is 0. The Hall–Kier alpha value is -0.710. The Kier molecular flexibility index (Phi) is 8.07. The highest BCUT2D eigenvalue weighted by Crippen LogP contribution is 2.07. The van der Waals surface area contributed by atoms with E-state index in [-0.39, 0.29) is 5.03 Å². The SMILES string of the molecule is CN(CCN1CCCCC1)[N+](=O)[O-].[O-][Cl+3]([O-])([O-])O. The van der Waals surface area contributed by atoms with Gasteiger partial charge in [0.25, 0.3) is 0 Å². The first-order valence-electron chi connectivity index (χ1n) is 5.41. The van der Waals surface area contributed by atoms with Gasteiger partial charge in [-0.2, -0.15) is 14.0 Å². The van der Waals surface area contributed by atoms with E-state index in [0.29, 0.717) is 6.54 Å². The molecule has 9 nitrogen and oxygen atoms in total. The van der Waals surface area contributed by atoms with Gasteiger partial charge in [0.1, 0.15) is 0 Å². The van der Waals surface area contributed by atoms with Gasteiger partial charge < -0.3 is 4.90 Å². The largest absolute Gasteiger partial charge is 0.301 e. The minimum atomic E-state index is -4.69. The highest BCUT2D eigenvalue weighted by Gasteiger charge is 2.13. The molecule has 1 aliphatic rings. The molecule has 0 saturated carbocycles. The van der Waals surface area contributed by atoms with Gasteiger partial charge in [-0.25, -0.2) is 10.1 Å². The van der Waals surface area contributed by atoms with Gasteiger partial charge in [0.05, 0.1) is 28.5 Å². The van der Waals surface area contributed by atoms with E-state index < -0.39 is 10.2 Å². The van der Waals surface area contributed by atoms with Gasteiger partial charge in [-0.3, -0.25) is 0 Å². The molecule has 1 aliphatic heterocycles. The second-order valence-electron chi connectivity index (χ2n) is 3.92. The van der Waals surface area contributed by atoms with E-state index in [0.717, 1.165) is 24.6 Å². The number of likely N-dealkylation sites (tertiary alicyclic amines) is 1. The van der Waals surface area contributed by atoms with Crippen molar-refractivity contribution in [1.82, 2.24) is 9.91 Å². The van der Waals surface area contributed by atoms with Crippen LogP contribution < -0.4 is 14.0 Å². The summed E-state index contributed by atoms with van der Waals surface area (Å²) in [5.41, 5.74) is 0. The summed E-state index contributed by atoms with van der Waals surface area (Å²) in [6, 6.07) is 0. The summed E-state index contributed by atoms with van der Waals surface area (Å²) in [4.78, 5) is 12.6. The fraction of sp³-hybridized carbons (Fsp3) is 1.00. The molecule has 1 heterocycles. The van der Waals surface area contributed by atoms with Crippen LogP contribution in [0.3, 0.4) is 0 Å². The molecule has 0 aromatic heterocycles. The third-order valence-electron chi connectivity index (χ3n) is 2.47. The Morgan fingerprint density at radius 3 is 2.11 bits per heavy atom. The molecule has 0 atom stereocenters. The van der Waals surface area contributed by atoms with Crippen LogP contribution in [0.4, 0.5) is 0 Å². The zero-order chi connectivity index (χ0) is 14.2. The molecule has 0 amide bonds. The molecule has 0 aromatic carbocycles. The van der Waals surface area contributed by atoms with Crippen molar-refractivity contribution in [3.05, 3.63) is 10.1 Å². The second-order valence-corrected chi connectivity index (χ2v) is 4.71. The third-order valence-corrected chi connectivity index (χ3v) is 2.47. The molecule has 1 fully saturated rings. The molecular formula is C8H18ClN3O6. The van der Waals surface area contributed by atoms with Gasteiger partial charge in [0, 0.05) is 6.54 Å². The summed E-state index contributed by atoms with van der Waals surface area (Å²) in [6.45, 7) is 3.54. The van der Waals surface area contributed by atoms with Crippen molar-refractivity contribution in [1.29, 1.82) is 0 Å². The predicted molar refractivity (Wildman–Crippen MR) is 52.1 cm³/mol. The number of rotatable bonds is 4. The van der Waals surface area contributed by atoms with Crippen LogP contribution in [-0.4, -0.2) is 52.8 Å². The molecule has 10 heteroatoms. The maximum absolute atomic E-state index is 10.3. The first-order chi connectivity index (χ1) is 8.20. The van der Waals surface area contributed by atoms with Gasteiger partial charge >= 0.3 is 0 Å². The summed E-state index contributed by atoms with van der Waals surface area (Å²) in [6.07, 6.45) is 3.78. The first kappa shape index (κ1) is 17.3. The second kappa shape index (κ2) is 8.40. The van der Waals surface area contributed by atoms with Crippen molar-refractivity contribution < 1.29 is 33.9 Å². The van der Waals surface area contributed by atoms with Gasteiger partial charge in [0.2, 0.25) is 0 Å². The molecule has 1 rings (SSSR count). The minimum Gasteiger partial charge on any atom is -0.301 e. The number of halogens is 1. The fourth-order valence-electron chi connectivity index (χ4n) is 1.55. The molecule has 0 spiro atoms. The molecule has 0 unspecified atom stereocenters. The number of piperidine rings is 1. The molecular weight excluding hydrogens is 270 g/mol. The topological polar surface area (TPSA) is 139 Å².